The summed E-state index contributed by atoms with van der Waals surface area (Å²) in [6, 6.07) is 24.9. The molecule has 0 radical (unpaired) electrons. The summed E-state index contributed by atoms with van der Waals surface area (Å²) in [7, 11) is 0. The van der Waals surface area contributed by atoms with Crippen molar-refractivity contribution in [1.29, 1.82) is 0 Å². The topological polar surface area (TPSA) is 70.2 Å². The van der Waals surface area contributed by atoms with E-state index in [1.54, 1.807) is 24.3 Å². The Balaban J connectivity index is 1.74. The van der Waals surface area contributed by atoms with Gasteiger partial charge in [-0.1, -0.05) is 66.2 Å². The second-order valence-corrected chi connectivity index (χ2v) is 6.16. The van der Waals surface area contributed by atoms with Crippen LogP contribution in [0.25, 0.3) is 0 Å². The van der Waals surface area contributed by atoms with Gasteiger partial charge in [-0.15, -0.1) is 0 Å². The number of carbonyl (C=O) groups excluding carboxylic acids is 2. The molecule has 0 bridgehead atoms. The van der Waals surface area contributed by atoms with Crippen molar-refractivity contribution in [2.45, 2.75) is 13.0 Å². The number of amides is 2. The Hall–Kier alpha value is -3.44. The molecule has 2 amide bonds. The Morgan fingerprint density at radius 1 is 0.778 bits per heavy atom. The van der Waals surface area contributed by atoms with Gasteiger partial charge in [-0.25, -0.2) is 5.43 Å². The number of nitrogens with one attached hydrogen (secondary N) is 3. The lowest BCUT2D eigenvalue weighted by molar-refractivity contribution is -0.118. The molecule has 0 spiro atoms. The van der Waals surface area contributed by atoms with Gasteiger partial charge in [-0.2, -0.15) is 0 Å². The fourth-order valence-electron chi connectivity index (χ4n) is 2.60. The predicted molar refractivity (Wildman–Crippen MR) is 106 cm³/mol. The summed E-state index contributed by atoms with van der Waals surface area (Å²) in [4.78, 5) is 25.1. The predicted octanol–water partition coefficient (Wildman–Crippen LogP) is 3.61. The minimum atomic E-state index is -0.736. The second kappa shape index (κ2) is 8.78. The average molecular weight is 359 g/mol. The van der Waals surface area contributed by atoms with Crippen molar-refractivity contribution >= 4 is 17.5 Å². The van der Waals surface area contributed by atoms with Gasteiger partial charge in [-0.3, -0.25) is 15.0 Å². The van der Waals surface area contributed by atoms with Crippen molar-refractivity contribution < 1.29 is 9.59 Å². The fourth-order valence-corrected chi connectivity index (χ4v) is 2.60. The number of hydrazine groups is 1. The lowest BCUT2D eigenvalue weighted by Crippen LogP contribution is -2.44. The summed E-state index contributed by atoms with van der Waals surface area (Å²) in [6.45, 7) is 1.99. The molecule has 27 heavy (non-hydrogen) atoms. The number of rotatable bonds is 6. The molecule has 0 saturated heterocycles. The molecule has 5 nitrogen and oxygen atoms in total. The van der Waals surface area contributed by atoms with E-state index in [1.807, 2.05) is 67.6 Å². The number of carbonyl (C=O) groups is 2. The van der Waals surface area contributed by atoms with E-state index in [-0.39, 0.29) is 11.8 Å². The van der Waals surface area contributed by atoms with Crippen LogP contribution in [-0.2, 0) is 4.79 Å². The minimum absolute atomic E-state index is 0.265. The number of hydrogen-bond donors (Lipinski definition) is 3. The Labute approximate surface area is 158 Å². The lowest BCUT2D eigenvalue weighted by atomic mass is 10.1. The van der Waals surface area contributed by atoms with Gasteiger partial charge >= 0.3 is 0 Å². The number of aryl methyl sites for hydroxylation is 1. The van der Waals surface area contributed by atoms with Crippen LogP contribution in [0.4, 0.5) is 5.69 Å². The van der Waals surface area contributed by atoms with Crippen LogP contribution >= 0.6 is 0 Å². The van der Waals surface area contributed by atoms with Crippen molar-refractivity contribution in [1.82, 2.24) is 10.9 Å². The van der Waals surface area contributed by atoms with Gasteiger partial charge in [0, 0.05) is 11.3 Å². The molecule has 0 aliphatic heterocycles. The SMILES string of the molecule is Cc1ccc(NC(=O)C(NNC(=O)c2ccccc2)c2ccccc2)cc1. The Morgan fingerprint density at radius 2 is 1.37 bits per heavy atom. The molecule has 0 aliphatic carbocycles. The summed E-state index contributed by atoms with van der Waals surface area (Å²) in [5, 5.41) is 2.88. The molecule has 3 aromatic carbocycles. The van der Waals surface area contributed by atoms with Crippen LogP contribution in [0.5, 0.6) is 0 Å². The summed E-state index contributed by atoms with van der Waals surface area (Å²) >= 11 is 0. The highest BCUT2D eigenvalue weighted by Crippen LogP contribution is 2.16. The quantitative estimate of drug-likeness (QED) is 0.589. The van der Waals surface area contributed by atoms with Crippen molar-refractivity contribution in [2.75, 3.05) is 5.32 Å². The number of anilines is 1. The van der Waals surface area contributed by atoms with E-state index < -0.39 is 6.04 Å². The largest absolute Gasteiger partial charge is 0.324 e. The molecule has 1 atom stereocenters. The Kier molecular flexibility index (Phi) is 5.97. The van der Waals surface area contributed by atoms with Crippen LogP contribution in [0.2, 0.25) is 0 Å². The van der Waals surface area contributed by atoms with E-state index in [0.717, 1.165) is 11.1 Å². The molecule has 0 heterocycles. The highest BCUT2D eigenvalue weighted by molar-refractivity contribution is 5.97. The highest BCUT2D eigenvalue weighted by Gasteiger charge is 2.21. The average Bonchev–Trinajstić information content (AvgIpc) is 2.71. The zero-order valence-electron chi connectivity index (χ0n) is 15.0. The highest BCUT2D eigenvalue weighted by atomic mass is 16.2. The fraction of sp³-hybridized carbons (Fsp3) is 0.0909. The van der Waals surface area contributed by atoms with Crippen LogP contribution in [-0.4, -0.2) is 11.8 Å². The van der Waals surface area contributed by atoms with Gasteiger partial charge in [0.2, 0.25) is 5.91 Å². The summed E-state index contributed by atoms with van der Waals surface area (Å²) in [5.41, 5.74) is 8.54. The summed E-state index contributed by atoms with van der Waals surface area (Å²) in [6.07, 6.45) is 0. The molecule has 3 N–H and O–H groups in total. The van der Waals surface area contributed by atoms with Crippen molar-refractivity contribution in [2.24, 2.45) is 0 Å². The smallest absolute Gasteiger partial charge is 0.265 e. The maximum absolute atomic E-state index is 12.8. The van der Waals surface area contributed by atoms with Crippen LogP contribution in [0.1, 0.15) is 27.5 Å². The monoisotopic (exact) mass is 359 g/mol. The van der Waals surface area contributed by atoms with Crippen molar-refractivity contribution in [3.05, 3.63) is 102 Å². The first-order chi connectivity index (χ1) is 13.1. The van der Waals surface area contributed by atoms with Gasteiger partial charge < -0.3 is 5.32 Å². The molecular weight excluding hydrogens is 338 g/mol. The van der Waals surface area contributed by atoms with E-state index in [1.165, 1.54) is 0 Å². The Morgan fingerprint density at radius 3 is 2.00 bits per heavy atom. The van der Waals surface area contributed by atoms with Gasteiger partial charge in [-0.05, 0) is 36.8 Å². The zero-order valence-corrected chi connectivity index (χ0v) is 15.0. The maximum atomic E-state index is 12.8. The molecule has 5 heteroatoms. The molecule has 0 saturated carbocycles. The second-order valence-electron chi connectivity index (χ2n) is 6.16. The van der Waals surface area contributed by atoms with Gasteiger partial charge in [0.15, 0.2) is 0 Å². The van der Waals surface area contributed by atoms with Crippen molar-refractivity contribution in [3.63, 3.8) is 0 Å². The minimum Gasteiger partial charge on any atom is -0.324 e. The van der Waals surface area contributed by atoms with Crippen LogP contribution in [0.15, 0.2) is 84.9 Å². The van der Waals surface area contributed by atoms with E-state index in [2.05, 4.69) is 16.2 Å². The Bertz CT molecular complexity index is 894. The van der Waals surface area contributed by atoms with Crippen LogP contribution in [0, 0.1) is 6.92 Å². The summed E-state index contributed by atoms with van der Waals surface area (Å²) < 4.78 is 0. The standard InChI is InChI=1S/C22H21N3O2/c1-16-12-14-19(15-13-16)23-22(27)20(17-8-4-2-5-9-17)24-25-21(26)18-10-6-3-7-11-18/h2-15,20,24H,1H3,(H,23,27)(H,25,26). The van der Waals surface area contributed by atoms with Crippen molar-refractivity contribution in [3.8, 4) is 0 Å². The van der Waals surface area contributed by atoms with E-state index in [0.29, 0.717) is 11.3 Å². The van der Waals surface area contributed by atoms with Gasteiger partial charge in [0.05, 0.1) is 0 Å². The third-order valence-electron chi connectivity index (χ3n) is 4.08. The van der Waals surface area contributed by atoms with E-state index in [4.69, 9.17) is 0 Å². The molecular formula is C22H21N3O2. The first-order valence-electron chi connectivity index (χ1n) is 8.67. The first kappa shape index (κ1) is 18.4. The molecule has 0 aromatic heterocycles. The molecule has 136 valence electrons. The third kappa shape index (κ3) is 5.03. The summed E-state index contributed by atoms with van der Waals surface area (Å²) in [5.74, 6) is -0.571. The lowest BCUT2D eigenvalue weighted by Gasteiger charge is -2.19. The molecule has 0 fully saturated rings. The normalized spacial score (nSPS) is 11.4. The molecule has 1 unspecified atom stereocenters. The molecule has 3 aromatic rings. The maximum Gasteiger partial charge on any atom is 0.265 e. The third-order valence-corrected chi connectivity index (χ3v) is 4.08. The molecule has 0 aliphatic rings. The van der Waals surface area contributed by atoms with Gasteiger partial charge in [0.25, 0.3) is 5.91 Å². The van der Waals surface area contributed by atoms with E-state index >= 15 is 0 Å². The van der Waals surface area contributed by atoms with Gasteiger partial charge in [0.1, 0.15) is 6.04 Å². The first-order valence-corrected chi connectivity index (χ1v) is 8.67. The number of benzene rings is 3. The zero-order chi connectivity index (χ0) is 19.1. The molecule has 3 rings (SSSR count). The van der Waals surface area contributed by atoms with E-state index in [9.17, 15) is 9.59 Å². The number of hydrogen-bond acceptors (Lipinski definition) is 3. The van der Waals surface area contributed by atoms with Crippen LogP contribution < -0.4 is 16.2 Å². The van der Waals surface area contributed by atoms with Crippen LogP contribution in [0.3, 0.4) is 0 Å².